The molecule has 0 saturated carbocycles. The second-order valence-electron chi connectivity index (χ2n) is 7.71. The van der Waals surface area contributed by atoms with Crippen molar-refractivity contribution in [2.45, 2.75) is 20.1 Å². The number of hydrogen-bond donors (Lipinski definition) is 0. The topological polar surface area (TPSA) is 73.0 Å². The van der Waals surface area contributed by atoms with E-state index in [2.05, 4.69) is 16.2 Å². The SMILES string of the molecule is COc1ccc(OCc2ccc(C(=O)N3CCN(Cc4cn(C)nc4C)CC3)o2)cc1. The minimum Gasteiger partial charge on any atom is -0.497 e. The van der Waals surface area contributed by atoms with Gasteiger partial charge in [0.15, 0.2) is 5.76 Å². The molecule has 0 atom stereocenters. The van der Waals surface area contributed by atoms with Gasteiger partial charge in [-0.15, -0.1) is 0 Å². The summed E-state index contributed by atoms with van der Waals surface area (Å²) in [4.78, 5) is 17.0. The van der Waals surface area contributed by atoms with Crippen molar-refractivity contribution in [2.24, 2.45) is 7.05 Å². The highest BCUT2D eigenvalue weighted by atomic mass is 16.5. The Morgan fingerprint density at radius 1 is 1.06 bits per heavy atom. The second kappa shape index (κ2) is 9.26. The van der Waals surface area contributed by atoms with Crippen LogP contribution in [0.15, 0.2) is 47.0 Å². The Morgan fingerprint density at radius 2 is 1.77 bits per heavy atom. The van der Waals surface area contributed by atoms with Crippen molar-refractivity contribution in [1.29, 1.82) is 0 Å². The highest BCUT2D eigenvalue weighted by Gasteiger charge is 2.25. The minimum absolute atomic E-state index is 0.0760. The maximum atomic E-state index is 12.8. The molecule has 1 aromatic carbocycles. The fourth-order valence-electron chi connectivity index (χ4n) is 3.71. The van der Waals surface area contributed by atoms with E-state index in [1.165, 1.54) is 5.56 Å². The second-order valence-corrected chi connectivity index (χ2v) is 7.71. The summed E-state index contributed by atoms with van der Waals surface area (Å²) in [5.41, 5.74) is 2.29. The molecule has 3 heterocycles. The largest absolute Gasteiger partial charge is 0.497 e. The Hall–Kier alpha value is -3.26. The number of piperazine rings is 1. The van der Waals surface area contributed by atoms with Crippen LogP contribution in [0, 0.1) is 6.92 Å². The molecule has 4 rings (SSSR count). The van der Waals surface area contributed by atoms with Gasteiger partial charge in [0, 0.05) is 51.5 Å². The standard InChI is InChI=1S/C23H28N4O4/c1-17-18(14-25(2)24-17)15-26-10-12-27(13-11-26)23(28)22-9-8-21(31-22)16-30-20-6-4-19(29-3)5-7-20/h4-9,14H,10-13,15-16H2,1-3H3. The fourth-order valence-corrected chi connectivity index (χ4v) is 3.71. The quantitative estimate of drug-likeness (QED) is 0.581. The van der Waals surface area contributed by atoms with E-state index in [9.17, 15) is 4.79 Å². The van der Waals surface area contributed by atoms with Crippen LogP contribution in [0.1, 0.15) is 27.6 Å². The Kier molecular flexibility index (Phi) is 6.27. The van der Waals surface area contributed by atoms with Crippen LogP contribution in [-0.2, 0) is 20.2 Å². The van der Waals surface area contributed by atoms with Crippen molar-refractivity contribution in [3.05, 3.63) is 65.4 Å². The Labute approximate surface area is 181 Å². The summed E-state index contributed by atoms with van der Waals surface area (Å²) >= 11 is 0. The molecular weight excluding hydrogens is 396 g/mol. The minimum atomic E-state index is -0.0760. The Bertz CT molecular complexity index is 1020. The van der Waals surface area contributed by atoms with E-state index in [0.29, 0.717) is 30.4 Å². The molecule has 1 fully saturated rings. The molecule has 164 valence electrons. The first-order valence-corrected chi connectivity index (χ1v) is 10.4. The lowest BCUT2D eigenvalue weighted by Crippen LogP contribution is -2.48. The molecule has 0 bridgehead atoms. The van der Waals surface area contributed by atoms with Gasteiger partial charge in [0.25, 0.3) is 5.91 Å². The third-order valence-electron chi connectivity index (χ3n) is 5.48. The van der Waals surface area contributed by atoms with Gasteiger partial charge in [-0.05, 0) is 43.3 Å². The van der Waals surface area contributed by atoms with Crippen molar-refractivity contribution in [2.75, 3.05) is 33.3 Å². The van der Waals surface area contributed by atoms with Gasteiger partial charge in [-0.2, -0.15) is 5.10 Å². The van der Waals surface area contributed by atoms with Gasteiger partial charge in [0.2, 0.25) is 0 Å². The Morgan fingerprint density at radius 3 is 2.42 bits per heavy atom. The third kappa shape index (κ3) is 5.08. The summed E-state index contributed by atoms with van der Waals surface area (Å²) in [6, 6.07) is 10.8. The van der Waals surface area contributed by atoms with Crippen LogP contribution in [0.4, 0.5) is 0 Å². The molecule has 1 aliphatic rings. The van der Waals surface area contributed by atoms with Crippen molar-refractivity contribution in [3.8, 4) is 11.5 Å². The van der Waals surface area contributed by atoms with Gasteiger partial charge in [-0.1, -0.05) is 0 Å². The highest BCUT2D eigenvalue weighted by molar-refractivity contribution is 5.91. The first kappa shape index (κ1) is 21.0. The molecule has 0 N–H and O–H groups in total. The first-order valence-electron chi connectivity index (χ1n) is 10.4. The summed E-state index contributed by atoms with van der Waals surface area (Å²) in [6.07, 6.45) is 2.06. The molecule has 0 unspecified atom stereocenters. The number of aromatic nitrogens is 2. The predicted octanol–water partition coefficient (Wildman–Crippen LogP) is 2.87. The monoisotopic (exact) mass is 424 g/mol. The number of benzene rings is 1. The molecule has 8 heteroatoms. The van der Waals surface area contributed by atoms with E-state index >= 15 is 0 Å². The van der Waals surface area contributed by atoms with E-state index in [-0.39, 0.29) is 12.5 Å². The van der Waals surface area contributed by atoms with E-state index < -0.39 is 0 Å². The van der Waals surface area contributed by atoms with Crippen LogP contribution in [0.25, 0.3) is 0 Å². The summed E-state index contributed by atoms with van der Waals surface area (Å²) < 4.78 is 18.4. The smallest absolute Gasteiger partial charge is 0.289 e. The zero-order valence-electron chi connectivity index (χ0n) is 18.2. The normalized spacial score (nSPS) is 14.6. The Balaban J connectivity index is 1.27. The van der Waals surface area contributed by atoms with Crippen LogP contribution >= 0.6 is 0 Å². The van der Waals surface area contributed by atoms with Gasteiger partial charge in [-0.3, -0.25) is 14.4 Å². The number of carbonyl (C=O) groups is 1. The average molecular weight is 425 g/mol. The number of ether oxygens (including phenoxy) is 2. The van der Waals surface area contributed by atoms with E-state index in [4.69, 9.17) is 13.9 Å². The lowest BCUT2D eigenvalue weighted by atomic mass is 10.2. The van der Waals surface area contributed by atoms with Crippen molar-refractivity contribution in [1.82, 2.24) is 19.6 Å². The van der Waals surface area contributed by atoms with Gasteiger partial charge < -0.3 is 18.8 Å². The van der Waals surface area contributed by atoms with E-state index in [0.717, 1.165) is 31.1 Å². The van der Waals surface area contributed by atoms with Crippen LogP contribution in [0.2, 0.25) is 0 Å². The van der Waals surface area contributed by atoms with E-state index in [1.54, 1.807) is 19.2 Å². The summed E-state index contributed by atoms with van der Waals surface area (Å²) in [5, 5.41) is 4.40. The molecule has 8 nitrogen and oxygen atoms in total. The van der Waals surface area contributed by atoms with E-state index in [1.807, 2.05) is 47.8 Å². The summed E-state index contributed by atoms with van der Waals surface area (Å²) in [6.45, 7) is 6.16. The maximum Gasteiger partial charge on any atom is 0.289 e. The van der Waals surface area contributed by atoms with Gasteiger partial charge in [0.05, 0.1) is 12.8 Å². The summed E-state index contributed by atoms with van der Waals surface area (Å²) in [7, 11) is 3.56. The number of aryl methyl sites for hydroxylation is 2. The number of furan rings is 1. The van der Waals surface area contributed by atoms with Crippen molar-refractivity contribution < 1.29 is 18.7 Å². The number of carbonyl (C=O) groups excluding carboxylic acids is 1. The zero-order chi connectivity index (χ0) is 21.8. The van der Waals surface area contributed by atoms with Gasteiger partial charge >= 0.3 is 0 Å². The van der Waals surface area contributed by atoms with Crippen LogP contribution in [-0.4, -0.2) is 58.8 Å². The van der Waals surface area contributed by atoms with Crippen LogP contribution in [0.5, 0.6) is 11.5 Å². The molecular formula is C23H28N4O4. The van der Waals surface area contributed by atoms with Gasteiger partial charge in [0.1, 0.15) is 23.9 Å². The lowest BCUT2D eigenvalue weighted by Gasteiger charge is -2.34. The summed E-state index contributed by atoms with van der Waals surface area (Å²) in [5.74, 6) is 2.38. The molecule has 3 aromatic rings. The average Bonchev–Trinajstić information content (AvgIpc) is 3.38. The maximum absolute atomic E-state index is 12.8. The number of hydrogen-bond acceptors (Lipinski definition) is 6. The fraction of sp³-hybridized carbons (Fsp3) is 0.391. The first-order chi connectivity index (χ1) is 15.0. The molecule has 0 radical (unpaired) electrons. The zero-order valence-corrected chi connectivity index (χ0v) is 18.2. The molecule has 31 heavy (non-hydrogen) atoms. The van der Waals surface area contributed by atoms with Crippen LogP contribution in [0.3, 0.4) is 0 Å². The molecule has 1 aliphatic heterocycles. The highest BCUT2D eigenvalue weighted by Crippen LogP contribution is 2.20. The number of amides is 1. The number of rotatable bonds is 7. The number of nitrogens with zero attached hydrogens (tertiary/aromatic N) is 4. The van der Waals surface area contributed by atoms with Gasteiger partial charge in [-0.25, -0.2) is 0 Å². The third-order valence-corrected chi connectivity index (χ3v) is 5.48. The molecule has 1 amide bonds. The molecule has 0 spiro atoms. The van der Waals surface area contributed by atoms with Crippen molar-refractivity contribution >= 4 is 5.91 Å². The lowest BCUT2D eigenvalue weighted by molar-refractivity contribution is 0.0594. The molecule has 1 saturated heterocycles. The molecule has 0 aliphatic carbocycles. The number of methoxy groups -OCH3 is 1. The molecule has 2 aromatic heterocycles. The van der Waals surface area contributed by atoms with Crippen LogP contribution < -0.4 is 9.47 Å². The predicted molar refractivity (Wildman–Crippen MR) is 115 cm³/mol. The van der Waals surface area contributed by atoms with Crippen molar-refractivity contribution in [3.63, 3.8) is 0 Å².